The van der Waals surface area contributed by atoms with Crippen LogP contribution in [0.2, 0.25) is 0 Å². The molecule has 0 spiro atoms. The molecule has 0 aromatic rings. The molecule has 1 aliphatic heterocycles. The van der Waals surface area contributed by atoms with Crippen LogP contribution in [-0.2, 0) is 9.53 Å². The van der Waals surface area contributed by atoms with Gasteiger partial charge >= 0.3 is 6.09 Å². The van der Waals surface area contributed by atoms with Gasteiger partial charge in [-0.2, -0.15) is 0 Å². The van der Waals surface area contributed by atoms with E-state index in [1.54, 1.807) is 0 Å². The molecule has 3 N–H and O–H groups in total. The predicted molar refractivity (Wildman–Crippen MR) is 133 cm³/mol. The molecule has 9 heteroatoms. The van der Waals surface area contributed by atoms with Crippen LogP contribution in [0.25, 0.3) is 0 Å². The van der Waals surface area contributed by atoms with E-state index >= 15 is 0 Å². The highest BCUT2D eigenvalue weighted by molar-refractivity contribution is 14.0. The SMILES string of the molecule is CCCCC(CNC(=O)OC(C)(C)C)NC(=NCCC(=O)N1CCCC1)NCC.I. The number of amides is 2. The molecule has 1 unspecified atom stereocenters. The van der Waals surface area contributed by atoms with Crippen LogP contribution >= 0.6 is 24.0 Å². The maximum atomic E-state index is 12.2. The third-order valence-electron chi connectivity index (χ3n) is 4.54. The first-order valence-electron chi connectivity index (χ1n) is 11.0. The molecule has 0 aliphatic carbocycles. The third-order valence-corrected chi connectivity index (χ3v) is 4.54. The molecule has 176 valence electrons. The average Bonchev–Trinajstić information content (AvgIpc) is 3.17. The van der Waals surface area contributed by atoms with E-state index < -0.39 is 11.7 Å². The Bertz CT molecular complexity index is 531. The molecule has 0 aromatic carbocycles. The maximum Gasteiger partial charge on any atom is 0.407 e. The van der Waals surface area contributed by atoms with Gasteiger partial charge in [-0.1, -0.05) is 19.8 Å². The van der Waals surface area contributed by atoms with Crippen LogP contribution < -0.4 is 16.0 Å². The molecule has 2 amide bonds. The van der Waals surface area contributed by atoms with Gasteiger partial charge in [-0.3, -0.25) is 9.79 Å². The first-order chi connectivity index (χ1) is 13.7. The van der Waals surface area contributed by atoms with E-state index in [2.05, 4.69) is 27.9 Å². The lowest BCUT2D eigenvalue weighted by molar-refractivity contribution is -0.129. The highest BCUT2D eigenvalue weighted by Crippen LogP contribution is 2.09. The summed E-state index contributed by atoms with van der Waals surface area (Å²) >= 11 is 0. The van der Waals surface area contributed by atoms with Crippen molar-refractivity contribution in [3.63, 3.8) is 0 Å². The monoisotopic (exact) mass is 539 g/mol. The summed E-state index contributed by atoms with van der Waals surface area (Å²) in [5, 5.41) is 9.46. The van der Waals surface area contributed by atoms with Gasteiger partial charge < -0.3 is 25.6 Å². The largest absolute Gasteiger partial charge is 0.444 e. The Morgan fingerprint density at radius 1 is 1.13 bits per heavy atom. The van der Waals surface area contributed by atoms with Gasteiger partial charge in [0.1, 0.15) is 5.60 Å². The van der Waals surface area contributed by atoms with Crippen LogP contribution in [0.4, 0.5) is 4.79 Å². The van der Waals surface area contributed by atoms with Crippen LogP contribution in [0.5, 0.6) is 0 Å². The van der Waals surface area contributed by atoms with E-state index in [-0.39, 0.29) is 35.9 Å². The highest BCUT2D eigenvalue weighted by atomic mass is 127. The summed E-state index contributed by atoms with van der Waals surface area (Å²) in [5.74, 6) is 0.852. The molecular weight excluding hydrogens is 497 g/mol. The smallest absolute Gasteiger partial charge is 0.407 e. The highest BCUT2D eigenvalue weighted by Gasteiger charge is 2.19. The molecule has 1 aliphatic rings. The summed E-state index contributed by atoms with van der Waals surface area (Å²) in [6.07, 6.45) is 5.23. The van der Waals surface area contributed by atoms with Gasteiger partial charge in [0.2, 0.25) is 5.91 Å². The minimum Gasteiger partial charge on any atom is -0.444 e. The molecule has 8 nitrogen and oxygen atoms in total. The van der Waals surface area contributed by atoms with Crippen molar-refractivity contribution >= 4 is 41.9 Å². The van der Waals surface area contributed by atoms with Crippen LogP contribution in [0.1, 0.15) is 73.1 Å². The maximum absolute atomic E-state index is 12.2. The fourth-order valence-electron chi connectivity index (χ4n) is 3.10. The van der Waals surface area contributed by atoms with Gasteiger partial charge in [0.25, 0.3) is 0 Å². The zero-order valence-corrected chi connectivity index (χ0v) is 21.7. The number of nitrogens with one attached hydrogen (secondary N) is 3. The summed E-state index contributed by atoms with van der Waals surface area (Å²) in [4.78, 5) is 30.6. The summed E-state index contributed by atoms with van der Waals surface area (Å²) in [6, 6.07) is 0.0366. The lowest BCUT2D eigenvalue weighted by Gasteiger charge is -2.24. The van der Waals surface area contributed by atoms with Crippen molar-refractivity contribution in [2.24, 2.45) is 4.99 Å². The van der Waals surface area contributed by atoms with E-state index in [4.69, 9.17) is 4.74 Å². The third kappa shape index (κ3) is 13.1. The number of nitrogens with zero attached hydrogens (tertiary/aromatic N) is 2. The number of hydrogen-bond donors (Lipinski definition) is 3. The Morgan fingerprint density at radius 3 is 2.37 bits per heavy atom. The number of carbonyl (C=O) groups is 2. The second-order valence-corrected chi connectivity index (χ2v) is 8.46. The Hall–Kier alpha value is -1.26. The molecule has 0 bridgehead atoms. The number of guanidine groups is 1. The first kappa shape index (κ1) is 28.7. The number of carbonyl (C=O) groups excluding carboxylic acids is 2. The van der Waals surface area contributed by atoms with Crippen molar-refractivity contribution in [1.29, 1.82) is 0 Å². The topological polar surface area (TPSA) is 95.1 Å². The summed E-state index contributed by atoms with van der Waals surface area (Å²) in [6.45, 7) is 13.1. The Kier molecular flexibility index (Phi) is 14.9. The Labute approximate surface area is 199 Å². The minimum absolute atomic E-state index is 0. The van der Waals surface area contributed by atoms with Crippen molar-refractivity contribution in [2.75, 3.05) is 32.7 Å². The van der Waals surface area contributed by atoms with Crippen LogP contribution in [0.3, 0.4) is 0 Å². The van der Waals surface area contributed by atoms with E-state index in [0.717, 1.165) is 51.7 Å². The van der Waals surface area contributed by atoms with Gasteiger partial charge in [-0.25, -0.2) is 4.79 Å². The molecule has 30 heavy (non-hydrogen) atoms. The van der Waals surface area contributed by atoms with Crippen LogP contribution in [0, 0.1) is 0 Å². The lowest BCUT2D eigenvalue weighted by Crippen LogP contribution is -2.49. The quantitative estimate of drug-likeness (QED) is 0.225. The fraction of sp³-hybridized carbons (Fsp3) is 0.857. The van der Waals surface area contributed by atoms with Gasteiger partial charge in [-0.05, 0) is 47.0 Å². The number of unbranched alkanes of at least 4 members (excludes halogenated alkanes) is 1. The van der Waals surface area contributed by atoms with Gasteiger partial charge in [-0.15, -0.1) is 24.0 Å². The van der Waals surface area contributed by atoms with E-state index in [9.17, 15) is 9.59 Å². The van der Waals surface area contributed by atoms with Crippen molar-refractivity contribution in [1.82, 2.24) is 20.9 Å². The minimum atomic E-state index is -0.519. The summed E-state index contributed by atoms with van der Waals surface area (Å²) in [5.41, 5.74) is -0.519. The number of ether oxygens (including phenoxy) is 1. The second-order valence-electron chi connectivity index (χ2n) is 8.46. The molecule has 1 fully saturated rings. The zero-order chi connectivity index (χ0) is 21.7. The van der Waals surface area contributed by atoms with Crippen LogP contribution in [-0.4, -0.2) is 67.2 Å². The van der Waals surface area contributed by atoms with E-state index in [1.807, 2.05) is 32.6 Å². The molecule has 0 saturated carbocycles. The van der Waals surface area contributed by atoms with Crippen LogP contribution in [0.15, 0.2) is 4.99 Å². The summed E-state index contributed by atoms with van der Waals surface area (Å²) in [7, 11) is 0. The molecule has 1 heterocycles. The fourth-order valence-corrected chi connectivity index (χ4v) is 3.10. The second kappa shape index (κ2) is 15.5. The normalized spacial score (nSPS) is 15.2. The number of hydrogen-bond acceptors (Lipinski definition) is 4. The summed E-state index contributed by atoms with van der Waals surface area (Å²) < 4.78 is 5.32. The Morgan fingerprint density at radius 2 is 1.80 bits per heavy atom. The van der Waals surface area contributed by atoms with Crippen molar-refractivity contribution in [2.45, 2.75) is 84.8 Å². The predicted octanol–water partition coefficient (Wildman–Crippen LogP) is 3.26. The first-order valence-corrected chi connectivity index (χ1v) is 11.0. The number of aliphatic imine (C=N–C) groups is 1. The number of halogens is 1. The van der Waals surface area contributed by atoms with Gasteiger partial charge in [0.15, 0.2) is 5.96 Å². The van der Waals surface area contributed by atoms with Gasteiger partial charge in [0.05, 0.1) is 6.54 Å². The molecular formula is C21H42IN5O3. The molecule has 1 atom stereocenters. The average molecular weight is 540 g/mol. The van der Waals surface area contributed by atoms with Crippen molar-refractivity contribution in [3.05, 3.63) is 0 Å². The zero-order valence-electron chi connectivity index (χ0n) is 19.4. The van der Waals surface area contributed by atoms with E-state index in [0.29, 0.717) is 25.5 Å². The number of alkyl carbamates (subject to hydrolysis) is 1. The molecule has 0 aromatic heterocycles. The molecule has 1 saturated heterocycles. The molecule has 1 rings (SSSR count). The molecule has 0 radical (unpaired) electrons. The Balaban J connectivity index is 0.00000841. The van der Waals surface area contributed by atoms with Crippen molar-refractivity contribution < 1.29 is 14.3 Å². The van der Waals surface area contributed by atoms with Crippen molar-refractivity contribution in [3.8, 4) is 0 Å². The van der Waals surface area contributed by atoms with E-state index in [1.165, 1.54) is 0 Å². The number of rotatable bonds is 10. The lowest BCUT2D eigenvalue weighted by atomic mass is 10.1. The standard InChI is InChI=1S/C21H41N5O3.HI/c1-6-8-11-17(16-24-20(28)29-21(3,4)5)25-19(22-7-2)23-13-12-18(27)26-14-9-10-15-26;/h17H,6-16H2,1-5H3,(H,24,28)(H2,22,23,25);1H. The number of likely N-dealkylation sites (tertiary alicyclic amines) is 1. The van der Waals surface area contributed by atoms with Gasteiger partial charge in [0, 0.05) is 38.6 Å².